The lowest BCUT2D eigenvalue weighted by molar-refractivity contribution is 0.226. The Bertz CT molecular complexity index is 566. The number of imidazole rings is 1. The van der Waals surface area contributed by atoms with Gasteiger partial charge >= 0.3 is 0 Å². The highest BCUT2D eigenvalue weighted by atomic mass is 19.1. The van der Waals surface area contributed by atoms with Crippen molar-refractivity contribution >= 4 is 17.0 Å². The average molecular weight is 262 g/mol. The molecule has 1 aliphatic rings. The predicted molar refractivity (Wildman–Crippen MR) is 74.8 cm³/mol. The molecule has 1 aromatic heterocycles. The molecular formula is C14H19FN4. The SMILES string of the molecule is CCN1CCCC(Nc2nc3ccc(F)cc3[nH]2)C1. The smallest absolute Gasteiger partial charge is 0.201 e. The van der Waals surface area contributed by atoms with E-state index in [0.29, 0.717) is 6.04 Å². The molecule has 1 fully saturated rings. The predicted octanol–water partition coefficient (Wildman–Crippen LogP) is 2.60. The van der Waals surface area contributed by atoms with Gasteiger partial charge in [0.2, 0.25) is 5.95 Å². The van der Waals surface area contributed by atoms with Crippen molar-refractivity contribution in [2.24, 2.45) is 0 Å². The van der Waals surface area contributed by atoms with Crippen molar-refractivity contribution in [3.8, 4) is 0 Å². The number of hydrogen-bond acceptors (Lipinski definition) is 3. The topological polar surface area (TPSA) is 44.0 Å². The maximum atomic E-state index is 13.1. The number of rotatable bonds is 3. The Hall–Kier alpha value is -1.62. The van der Waals surface area contributed by atoms with Crippen molar-refractivity contribution < 1.29 is 4.39 Å². The third-order valence-electron chi connectivity index (χ3n) is 3.74. The summed E-state index contributed by atoms with van der Waals surface area (Å²) in [7, 11) is 0. The molecule has 0 amide bonds. The fraction of sp³-hybridized carbons (Fsp3) is 0.500. The number of nitrogens with one attached hydrogen (secondary N) is 2. The first kappa shape index (κ1) is 12.4. The zero-order chi connectivity index (χ0) is 13.2. The Balaban J connectivity index is 1.74. The van der Waals surface area contributed by atoms with E-state index in [4.69, 9.17) is 0 Å². The van der Waals surface area contributed by atoms with Crippen LogP contribution in [-0.4, -0.2) is 40.5 Å². The zero-order valence-electron chi connectivity index (χ0n) is 11.1. The summed E-state index contributed by atoms with van der Waals surface area (Å²) in [6, 6.07) is 5.03. The number of nitrogens with zero attached hydrogens (tertiary/aromatic N) is 2. The Kier molecular flexibility index (Phi) is 3.38. The fourth-order valence-corrected chi connectivity index (χ4v) is 2.70. The van der Waals surface area contributed by atoms with E-state index in [1.165, 1.54) is 25.1 Å². The standard InChI is InChI=1S/C14H19FN4/c1-2-19-7-3-4-11(9-19)16-14-17-12-6-5-10(15)8-13(12)18-14/h5-6,8,11H,2-4,7,9H2,1H3,(H2,16,17,18). The average Bonchev–Trinajstić information content (AvgIpc) is 2.80. The van der Waals surface area contributed by atoms with Crippen molar-refractivity contribution in [1.29, 1.82) is 0 Å². The first-order valence-corrected chi connectivity index (χ1v) is 6.89. The van der Waals surface area contributed by atoms with E-state index < -0.39 is 0 Å². The largest absolute Gasteiger partial charge is 0.352 e. The second-order valence-corrected chi connectivity index (χ2v) is 5.12. The summed E-state index contributed by atoms with van der Waals surface area (Å²) >= 11 is 0. The maximum absolute atomic E-state index is 13.1. The number of likely N-dealkylation sites (tertiary alicyclic amines) is 1. The lowest BCUT2D eigenvalue weighted by Crippen LogP contribution is -2.42. The minimum atomic E-state index is -0.238. The van der Waals surface area contributed by atoms with Gasteiger partial charge in [-0.05, 0) is 44.1 Å². The molecule has 4 nitrogen and oxygen atoms in total. The monoisotopic (exact) mass is 262 g/mol. The van der Waals surface area contributed by atoms with Crippen molar-refractivity contribution in [2.45, 2.75) is 25.8 Å². The zero-order valence-corrected chi connectivity index (χ0v) is 11.1. The minimum absolute atomic E-state index is 0.238. The van der Waals surface area contributed by atoms with E-state index in [9.17, 15) is 4.39 Å². The van der Waals surface area contributed by atoms with Crippen LogP contribution in [0.25, 0.3) is 11.0 Å². The summed E-state index contributed by atoms with van der Waals surface area (Å²) in [5, 5.41) is 3.42. The molecule has 2 heterocycles. The van der Waals surface area contributed by atoms with Gasteiger partial charge < -0.3 is 15.2 Å². The van der Waals surface area contributed by atoms with E-state index in [1.807, 2.05) is 0 Å². The Morgan fingerprint density at radius 1 is 1.53 bits per heavy atom. The fourth-order valence-electron chi connectivity index (χ4n) is 2.70. The number of aromatic nitrogens is 2. The molecule has 19 heavy (non-hydrogen) atoms. The Labute approximate surface area is 112 Å². The van der Waals surface area contributed by atoms with Crippen molar-refractivity contribution in [3.63, 3.8) is 0 Å². The van der Waals surface area contributed by atoms with Crippen LogP contribution in [0.3, 0.4) is 0 Å². The normalized spacial score (nSPS) is 20.8. The van der Waals surface area contributed by atoms with Crippen molar-refractivity contribution in [2.75, 3.05) is 25.0 Å². The number of likely N-dealkylation sites (N-methyl/N-ethyl adjacent to an activating group) is 1. The molecule has 5 heteroatoms. The van der Waals surface area contributed by atoms with Gasteiger partial charge in [0.1, 0.15) is 5.82 Å². The highest BCUT2D eigenvalue weighted by Gasteiger charge is 2.19. The van der Waals surface area contributed by atoms with Gasteiger partial charge in [0.15, 0.2) is 0 Å². The number of hydrogen-bond donors (Lipinski definition) is 2. The van der Waals surface area contributed by atoms with E-state index in [1.54, 1.807) is 6.07 Å². The van der Waals surface area contributed by atoms with Gasteiger partial charge in [-0.25, -0.2) is 9.37 Å². The molecule has 3 rings (SSSR count). The molecule has 0 spiro atoms. The molecule has 2 N–H and O–H groups in total. The number of benzene rings is 1. The van der Waals surface area contributed by atoms with E-state index in [2.05, 4.69) is 27.1 Å². The maximum Gasteiger partial charge on any atom is 0.201 e. The lowest BCUT2D eigenvalue weighted by Gasteiger charge is -2.32. The summed E-state index contributed by atoms with van der Waals surface area (Å²) in [5.41, 5.74) is 1.54. The van der Waals surface area contributed by atoms with Gasteiger partial charge in [-0.15, -0.1) is 0 Å². The summed E-state index contributed by atoms with van der Waals surface area (Å²) in [6.07, 6.45) is 2.36. The molecular weight excluding hydrogens is 243 g/mol. The van der Waals surface area contributed by atoms with Crippen LogP contribution in [0.2, 0.25) is 0 Å². The number of anilines is 1. The molecule has 1 unspecified atom stereocenters. The number of fused-ring (bicyclic) bond motifs is 1. The van der Waals surface area contributed by atoms with Crippen molar-refractivity contribution in [1.82, 2.24) is 14.9 Å². The molecule has 1 saturated heterocycles. The molecule has 1 aliphatic heterocycles. The quantitative estimate of drug-likeness (QED) is 0.893. The van der Waals surface area contributed by atoms with Crippen LogP contribution in [-0.2, 0) is 0 Å². The molecule has 0 bridgehead atoms. The highest BCUT2D eigenvalue weighted by molar-refractivity contribution is 5.77. The van der Waals surface area contributed by atoms with Crippen LogP contribution >= 0.6 is 0 Å². The van der Waals surface area contributed by atoms with Crippen LogP contribution < -0.4 is 5.32 Å². The van der Waals surface area contributed by atoms with Gasteiger partial charge in [-0.2, -0.15) is 0 Å². The first-order chi connectivity index (χ1) is 9.24. The summed E-state index contributed by atoms with van der Waals surface area (Å²) < 4.78 is 13.1. The lowest BCUT2D eigenvalue weighted by atomic mass is 10.1. The van der Waals surface area contributed by atoms with Gasteiger partial charge in [0.25, 0.3) is 0 Å². The summed E-state index contributed by atoms with van der Waals surface area (Å²) in [5.74, 6) is 0.501. The Morgan fingerprint density at radius 2 is 2.42 bits per heavy atom. The number of piperidine rings is 1. The number of H-pyrrole nitrogens is 1. The molecule has 0 saturated carbocycles. The molecule has 2 aromatic rings. The summed E-state index contributed by atoms with van der Waals surface area (Å²) in [6.45, 7) is 5.50. The van der Waals surface area contributed by atoms with Crippen LogP contribution in [0.1, 0.15) is 19.8 Å². The number of halogens is 1. The Morgan fingerprint density at radius 3 is 3.26 bits per heavy atom. The van der Waals surface area contributed by atoms with E-state index in [-0.39, 0.29) is 5.82 Å². The molecule has 1 atom stereocenters. The van der Waals surface area contributed by atoms with Gasteiger partial charge in [0.05, 0.1) is 11.0 Å². The third-order valence-corrected chi connectivity index (χ3v) is 3.74. The second-order valence-electron chi connectivity index (χ2n) is 5.12. The van der Waals surface area contributed by atoms with Crippen LogP contribution in [0.4, 0.5) is 10.3 Å². The minimum Gasteiger partial charge on any atom is -0.352 e. The van der Waals surface area contributed by atoms with E-state index in [0.717, 1.165) is 36.5 Å². The molecule has 102 valence electrons. The molecule has 0 radical (unpaired) electrons. The molecule has 0 aliphatic carbocycles. The third kappa shape index (κ3) is 2.71. The van der Waals surface area contributed by atoms with Crippen molar-refractivity contribution in [3.05, 3.63) is 24.0 Å². The van der Waals surface area contributed by atoms with Crippen LogP contribution in [0.15, 0.2) is 18.2 Å². The van der Waals surface area contributed by atoms with Gasteiger partial charge in [-0.1, -0.05) is 6.92 Å². The van der Waals surface area contributed by atoms with E-state index >= 15 is 0 Å². The highest BCUT2D eigenvalue weighted by Crippen LogP contribution is 2.18. The second kappa shape index (κ2) is 5.17. The summed E-state index contributed by atoms with van der Waals surface area (Å²) in [4.78, 5) is 10.0. The molecule has 1 aromatic carbocycles. The first-order valence-electron chi connectivity index (χ1n) is 6.89. The van der Waals surface area contributed by atoms with Crippen LogP contribution in [0.5, 0.6) is 0 Å². The number of aromatic amines is 1. The van der Waals surface area contributed by atoms with Gasteiger partial charge in [-0.3, -0.25) is 0 Å². The van der Waals surface area contributed by atoms with Gasteiger partial charge in [0, 0.05) is 12.6 Å². The van der Waals surface area contributed by atoms with Crippen LogP contribution in [0, 0.1) is 5.82 Å².